The van der Waals surface area contributed by atoms with E-state index in [1.54, 1.807) is 12.1 Å². The average molecular weight is 2050 g/mol. The molecule has 6 fully saturated rings. The normalized spacial score (nSPS) is 25.8. The SMILES string of the molecule is CCCCCc1cc(O)c([C@@H]2CC(C)CC[C@H]2C(C)C)c(O)c1.CCCCCc1cc(O)c([C@@H]2CC(C)CC[C@H]2C(C)C)c(O)c1C(=O)O.CCCCCc1cc(O)c([C@@H]2CC(C)CC[C@H]2C(C)C)c(O)c1CO.CCCCCc1cc(O)c2c(c1)OC(C)(C)[C@@H]1CCC(C)C[C@@H]21.CCCCCc1cc2c(c(O)c1C(=O)O)[C@@H]1CC(C)CC[C@H]1C(C)(C)O2.CCCCCc1cc2c(c(O)c1CO)[C@@H]1CC(C)CC[C@H]1C(C)(C)O2. The molecule has 3 heterocycles. The summed E-state index contributed by atoms with van der Waals surface area (Å²) in [6, 6.07) is 15.4. The van der Waals surface area contributed by atoms with Gasteiger partial charge in [0.05, 0.1) is 13.2 Å². The minimum absolute atomic E-state index is 0.00143. The first kappa shape index (κ1) is 122. The van der Waals surface area contributed by atoms with Crippen LogP contribution in [0, 0.1) is 88.8 Å². The van der Waals surface area contributed by atoms with Gasteiger partial charge in [-0.25, -0.2) is 9.59 Å². The van der Waals surface area contributed by atoms with Crippen molar-refractivity contribution in [3.05, 3.63) is 138 Å². The van der Waals surface area contributed by atoms with E-state index in [0.717, 1.165) is 242 Å². The molecule has 15 rings (SSSR count). The van der Waals surface area contributed by atoms with E-state index < -0.39 is 11.9 Å². The molecule has 0 amide bonds. The van der Waals surface area contributed by atoms with E-state index in [1.165, 1.54) is 82.6 Å². The monoisotopic (exact) mass is 2050 g/mol. The van der Waals surface area contributed by atoms with Crippen molar-refractivity contribution in [1.29, 1.82) is 0 Å². The van der Waals surface area contributed by atoms with Gasteiger partial charge < -0.3 is 80.6 Å². The average Bonchev–Trinajstić information content (AvgIpc) is 0.943. The Morgan fingerprint density at radius 3 is 0.872 bits per heavy atom. The Morgan fingerprint density at radius 2 is 0.534 bits per heavy atom. The third-order valence-corrected chi connectivity index (χ3v) is 36.7. The molecule has 6 aromatic carbocycles. The van der Waals surface area contributed by atoms with Crippen LogP contribution >= 0.6 is 0 Å². The minimum Gasteiger partial charge on any atom is -0.508 e. The lowest BCUT2D eigenvalue weighted by molar-refractivity contribution is -0.0150. The number of aromatic carboxylic acids is 2. The van der Waals surface area contributed by atoms with Crippen molar-refractivity contribution in [1.82, 2.24) is 0 Å². The fourth-order valence-electron chi connectivity index (χ4n) is 28.4. The summed E-state index contributed by atoms with van der Waals surface area (Å²) in [7, 11) is 0. The van der Waals surface area contributed by atoms with Gasteiger partial charge in [0.25, 0.3) is 0 Å². The summed E-state index contributed by atoms with van der Waals surface area (Å²) in [4.78, 5) is 23.8. The molecule has 18 atom stereocenters. The summed E-state index contributed by atoms with van der Waals surface area (Å²) in [5, 5.41) is 136. The Morgan fingerprint density at radius 1 is 0.291 bits per heavy atom. The number of phenolic OH excluding ortho intramolecular Hbond substituents is 5. The van der Waals surface area contributed by atoms with Gasteiger partial charge in [0.1, 0.15) is 96.9 Å². The lowest BCUT2D eigenvalue weighted by atomic mass is 9.64. The third-order valence-electron chi connectivity index (χ3n) is 36.7. The number of rotatable bonds is 34. The van der Waals surface area contributed by atoms with Crippen LogP contribution in [0.4, 0.5) is 0 Å². The van der Waals surface area contributed by atoms with Crippen LogP contribution in [0.3, 0.4) is 0 Å². The number of aromatic hydroxyl groups is 9. The van der Waals surface area contributed by atoms with E-state index in [4.69, 9.17) is 14.2 Å². The number of fused-ring (bicyclic) bond motifs is 9. The van der Waals surface area contributed by atoms with Gasteiger partial charge in [-0.05, 0) is 384 Å². The predicted octanol–water partition coefficient (Wildman–Crippen LogP) is 33.8. The largest absolute Gasteiger partial charge is 0.508 e. The van der Waals surface area contributed by atoms with Crippen LogP contribution in [-0.4, -0.2) is 95.1 Å². The van der Waals surface area contributed by atoms with Gasteiger partial charge in [0.2, 0.25) is 0 Å². The molecule has 18 nitrogen and oxygen atoms in total. The Hall–Kier alpha value is -8.22. The highest BCUT2D eigenvalue weighted by Gasteiger charge is 2.52. The maximum absolute atomic E-state index is 11.9. The van der Waals surface area contributed by atoms with Crippen LogP contribution < -0.4 is 14.2 Å². The Labute approximate surface area is 893 Å². The van der Waals surface area contributed by atoms with Gasteiger partial charge in [-0.1, -0.05) is 240 Å². The number of carbonyl (C=O) groups is 2. The highest BCUT2D eigenvalue weighted by Crippen LogP contribution is 2.62. The minimum atomic E-state index is -1.11. The number of benzene rings is 6. The number of aliphatic hydroxyl groups excluding tert-OH is 2. The molecule has 6 unspecified atom stereocenters. The van der Waals surface area contributed by atoms with E-state index >= 15 is 0 Å². The van der Waals surface area contributed by atoms with Crippen LogP contribution in [-0.2, 0) is 51.7 Å². The quantitative estimate of drug-likeness (QED) is 0.0167. The molecule has 0 saturated heterocycles. The highest BCUT2D eigenvalue weighted by atomic mass is 16.5. The molecule has 148 heavy (non-hydrogen) atoms. The van der Waals surface area contributed by atoms with Gasteiger partial charge >= 0.3 is 11.9 Å². The maximum Gasteiger partial charge on any atom is 0.339 e. The molecule has 18 heteroatoms. The van der Waals surface area contributed by atoms with Crippen molar-refractivity contribution >= 4 is 11.9 Å². The lowest BCUT2D eigenvalue weighted by Gasteiger charge is -2.49. The zero-order valence-corrected chi connectivity index (χ0v) is 96.2. The summed E-state index contributed by atoms with van der Waals surface area (Å²) >= 11 is 0. The fraction of sp³-hybridized carbons (Fsp3) is 0.708. The Balaban J connectivity index is 0.000000182. The highest BCUT2D eigenvalue weighted by molar-refractivity contribution is 5.95. The number of carboxylic acids is 2. The van der Waals surface area contributed by atoms with Crippen molar-refractivity contribution in [2.45, 2.75) is 501 Å². The summed E-state index contributed by atoms with van der Waals surface area (Å²) in [5.74, 6) is 11.1. The Kier molecular flexibility index (Phi) is 45.6. The summed E-state index contributed by atoms with van der Waals surface area (Å²) in [6.45, 7) is 52.7. The first-order valence-electron chi connectivity index (χ1n) is 59.2. The molecule has 3 aliphatic heterocycles. The second kappa shape index (κ2) is 55.5. The first-order chi connectivity index (χ1) is 70.2. The molecule has 830 valence electrons. The van der Waals surface area contributed by atoms with Crippen molar-refractivity contribution in [3.63, 3.8) is 0 Å². The van der Waals surface area contributed by atoms with Gasteiger partial charge in [-0.2, -0.15) is 0 Å². The number of carboxylic acid groups (broad SMARTS) is 2. The number of hydrogen-bond donors (Lipinski definition) is 13. The Bertz CT molecular complexity index is 5190. The van der Waals surface area contributed by atoms with Gasteiger partial charge in [-0.3, -0.25) is 0 Å². The van der Waals surface area contributed by atoms with Gasteiger partial charge in [0, 0.05) is 62.3 Å². The van der Waals surface area contributed by atoms with E-state index in [0.29, 0.717) is 164 Å². The third kappa shape index (κ3) is 30.1. The van der Waals surface area contributed by atoms with E-state index in [2.05, 4.69) is 178 Å². The molecule has 13 N–H and O–H groups in total. The van der Waals surface area contributed by atoms with Crippen molar-refractivity contribution in [2.75, 3.05) is 0 Å². The number of phenols is 9. The summed E-state index contributed by atoms with van der Waals surface area (Å²) < 4.78 is 19.1. The fourth-order valence-corrected chi connectivity index (χ4v) is 28.4. The molecule has 0 spiro atoms. The molecule has 6 aliphatic carbocycles. The summed E-state index contributed by atoms with van der Waals surface area (Å²) in [5.41, 5.74) is 10.9. The zero-order valence-electron chi connectivity index (χ0n) is 96.2. The number of ether oxygens (including phenoxy) is 3. The second-order valence-electron chi connectivity index (χ2n) is 50.5. The van der Waals surface area contributed by atoms with Gasteiger partial charge in [-0.15, -0.1) is 0 Å². The standard InChI is InChI=1S/C22H32O4.C22H34O4.C22H34O3.C22H36O3.C21H32O2.C21H34O2/c1-5-6-7-8-14-12-17-19(20(23)18(14)21(24)25)15-11-13(2)9-10-16(15)22(3,4)26-17;1-5-6-7-8-15-12-18(23)20(21(24)19(15)22(25)26)17-11-14(4)9-10-16(17)13(2)3;1-5-6-7-8-15-12-19-20(21(24)17(15)13-23)16-11-14(2)9-10-18(16)22(3,4)25-19;1-5-6-7-8-16-12-20(24)21(22(25)19(16)13-23)18-11-15(4)9-10-17(18)14(2)3;1-5-6-7-8-15-12-18(22)20-16-11-14(2)9-10-17(16)21(3,4)23-19(20)13-15;1-5-6-7-8-16-12-19(22)21(20(23)13-16)18-11-15(4)9-10-17(18)14(2)3/h12-13,15-16,23H,5-11H2,1-4H3,(H,24,25);12-14,16-17,23-24H,5-11H2,1-4H3,(H,25,26);12,14,16,18,23-24H,5-11,13H2,1-4H3;12,14-15,17-18,23-25H,5-11,13H2,1-4H3;12-14,16-17,22H,5-11H2,1-4H3;12-15,17-18,22-23H,5-11H2,1-4H3/t13?,15-,16-;14?,16-,17+;14?,16-,18-;15?,17-,18+;14?,16-,17-;15?,17-,18+/m101010/s1. The zero-order chi connectivity index (χ0) is 109. The van der Waals surface area contributed by atoms with Gasteiger partial charge in [0.15, 0.2) is 0 Å². The molecule has 9 aliphatic rings. The van der Waals surface area contributed by atoms with E-state index in [1.807, 2.05) is 24.3 Å². The number of aliphatic hydroxyl groups is 2. The van der Waals surface area contributed by atoms with E-state index in [9.17, 15) is 76.0 Å². The van der Waals surface area contributed by atoms with E-state index in [-0.39, 0.29) is 93.6 Å². The smallest absolute Gasteiger partial charge is 0.339 e. The number of aryl methyl sites for hydroxylation is 6. The molecule has 6 aromatic rings. The topological polar surface area (TPSA) is 325 Å². The maximum atomic E-state index is 11.9. The van der Waals surface area contributed by atoms with Crippen molar-refractivity contribution in [3.8, 4) is 69.0 Å². The van der Waals surface area contributed by atoms with Crippen LogP contribution in [0.15, 0.2) is 48.5 Å². The lowest BCUT2D eigenvalue weighted by Crippen LogP contribution is -2.46. The summed E-state index contributed by atoms with van der Waals surface area (Å²) in [6.07, 6.45) is 44.8. The number of unbranched alkanes of at least 4 members (excludes halogenated alkanes) is 12. The first-order valence-corrected chi connectivity index (χ1v) is 59.2. The molecular weight excluding hydrogens is 1850 g/mol. The molecule has 0 radical (unpaired) electrons. The predicted molar refractivity (Wildman–Crippen MR) is 603 cm³/mol. The van der Waals surface area contributed by atoms with Crippen molar-refractivity contribution < 1.29 is 90.2 Å². The number of hydrogen-bond acceptors (Lipinski definition) is 16. The molecular formula is C130H202O18. The van der Waals surface area contributed by atoms with Crippen LogP contribution in [0.5, 0.6) is 69.0 Å². The van der Waals surface area contributed by atoms with Crippen LogP contribution in [0.2, 0.25) is 0 Å². The second-order valence-corrected chi connectivity index (χ2v) is 50.5. The molecule has 0 aromatic heterocycles. The van der Waals surface area contributed by atoms with Crippen LogP contribution in [0.25, 0.3) is 0 Å². The van der Waals surface area contributed by atoms with Crippen LogP contribution in [0.1, 0.15) is 531 Å². The molecule has 6 saturated carbocycles. The van der Waals surface area contributed by atoms with Crippen molar-refractivity contribution in [2.24, 2.45) is 88.8 Å². The molecule has 0 bridgehead atoms.